The average Bonchev–Trinajstić information content (AvgIpc) is 3.64. The van der Waals surface area contributed by atoms with Crippen molar-refractivity contribution in [1.82, 2.24) is 16.0 Å². The van der Waals surface area contributed by atoms with Gasteiger partial charge in [0.2, 0.25) is 0 Å². The molecular weight excluding hydrogens is 397 g/mol. The maximum atomic E-state index is 14.1. The van der Waals surface area contributed by atoms with Gasteiger partial charge in [-0.1, -0.05) is 31.7 Å². The Labute approximate surface area is 183 Å². The van der Waals surface area contributed by atoms with Crippen LogP contribution in [0.3, 0.4) is 0 Å². The molecule has 170 valence electrons. The van der Waals surface area contributed by atoms with Crippen LogP contribution in [0.25, 0.3) is 0 Å². The molecule has 31 heavy (non-hydrogen) atoms. The van der Waals surface area contributed by atoms with Gasteiger partial charge in [0.1, 0.15) is 5.54 Å². The first-order chi connectivity index (χ1) is 14.9. The molecule has 7 heteroatoms. The summed E-state index contributed by atoms with van der Waals surface area (Å²) in [6.07, 6.45) is 10.5. The predicted octanol–water partition coefficient (Wildman–Crippen LogP) is 4.13. The molecule has 2 aliphatic carbocycles. The van der Waals surface area contributed by atoms with E-state index in [-0.39, 0.29) is 17.3 Å². The van der Waals surface area contributed by atoms with Crippen molar-refractivity contribution >= 4 is 11.9 Å². The second kappa shape index (κ2) is 9.15. The smallest absolute Gasteiger partial charge is 0.322 e. The third kappa shape index (κ3) is 5.56. The van der Waals surface area contributed by atoms with E-state index >= 15 is 0 Å². The maximum Gasteiger partial charge on any atom is 0.322 e. The number of rotatable bonds is 13. The number of halogens is 1. The van der Waals surface area contributed by atoms with Crippen LogP contribution in [0, 0.1) is 11.7 Å². The molecule has 1 aromatic carbocycles. The van der Waals surface area contributed by atoms with Crippen LogP contribution in [0.15, 0.2) is 18.2 Å². The van der Waals surface area contributed by atoms with Crippen LogP contribution in [0.4, 0.5) is 9.18 Å². The fourth-order valence-electron chi connectivity index (χ4n) is 4.31. The fourth-order valence-corrected chi connectivity index (χ4v) is 4.31. The molecule has 0 radical (unpaired) electrons. The monoisotopic (exact) mass is 431 g/mol. The van der Waals surface area contributed by atoms with Gasteiger partial charge in [0, 0.05) is 5.54 Å². The Balaban J connectivity index is 1.13. The molecule has 1 aliphatic heterocycles. The highest BCUT2D eigenvalue weighted by Crippen LogP contribution is 2.46. The van der Waals surface area contributed by atoms with Gasteiger partial charge in [0.25, 0.3) is 5.91 Å². The van der Waals surface area contributed by atoms with Crippen molar-refractivity contribution in [2.24, 2.45) is 5.92 Å². The highest BCUT2D eigenvalue weighted by atomic mass is 19.1. The van der Waals surface area contributed by atoms with Gasteiger partial charge in [-0.2, -0.15) is 0 Å². The van der Waals surface area contributed by atoms with E-state index in [1.807, 2.05) is 12.1 Å². The zero-order valence-corrected chi connectivity index (χ0v) is 18.4. The molecule has 3 amide bonds. The number of ether oxygens (including phenoxy) is 1. The van der Waals surface area contributed by atoms with Crippen LogP contribution < -0.4 is 20.7 Å². The first-order valence-corrected chi connectivity index (χ1v) is 11.7. The summed E-state index contributed by atoms with van der Waals surface area (Å²) in [7, 11) is 0. The van der Waals surface area contributed by atoms with Crippen LogP contribution in [-0.2, 0) is 10.3 Å². The van der Waals surface area contributed by atoms with E-state index in [0.717, 1.165) is 57.1 Å². The number of hydrogen-bond donors (Lipinski definition) is 3. The lowest BCUT2D eigenvalue weighted by atomic mass is 9.94. The van der Waals surface area contributed by atoms with Crippen molar-refractivity contribution in [3.63, 3.8) is 0 Å². The third-order valence-electron chi connectivity index (χ3n) is 6.84. The summed E-state index contributed by atoms with van der Waals surface area (Å²) >= 11 is 0. The van der Waals surface area contributed by atoms with Crippen molar-refractivity contribution in [1.29, 1.82) is 0 Å². The number of imide groups is 1. The van der Waals surface area contributed by atoms with E-state index in [2.05, 4.69) is 16.0 Å². The molecular formula is C24H34FN3O3. The molecule has 0 bridgehead atoms. The van der Waals surface area contributed by atoms with E-state index in [1.165, 1.54) is 18.9 Å². The van der Waals surface area contributed by atoms with Crippen LogP contribution >= 0.6 is 0 Å². The summed E-state index contributed by atoms with van der Waals surface area (Å²) in [5.41, 5.74) is 0.353. The second-order valence-corrected chi connectivity index (χ2v) is 9.67. The quantitative estimate of drug-likeness (QED) is 0.324. The summed E-state index contributed by atoms with van der Waals surface area (Å²) in [5.74, 6) is 0.494. The largest absolute Gasteiger partial charge is 0.490 e. The number of benzene rings is 1. The molecule has 0 spiro atoms. The zero-order valence-electron chi connectivity index (χ0n) is 18.4. The first kappa shape index (κ1) is 22.1. The van der Waals surface area contributed by atoms with Gasteiger partial charge in [-0.15, -0.1) is 0 Å². The third-order valence-corrected chi connectivity index (χ3v) is 6.84. The van der Waals surface area contributed by atoms with Gasteiger partial charge < -0.3 is 15.4 Å². The molecule has 4 rings (SSSR count). The zero-order chi connectivity index (χ0) is 21.9. The number of unbranched alkanes of at least 4 members (excludes halogenated alkanes) is 4. The molecule has 0 unspecified atom stereocenters. The van der Waals surface area contributed by atoms with Crippen molar-refractivity contribution in [3.05, 3.63) is 29.6 Å². The lowest BCUT2D eigenvalue weighted by molar-refractivity contribution is -0.123. The van der Waals surface area contributed by atoms with Gasteiger partial charge in [-0.05, 0) is 75.6 Å². The summed E-state index contributed by atoms with van der Waals surface area (Å²) in [4.78, 5) is 23.1. The van der Waals surface area contributed by atoms with E-state index < -0.39 is 11.6 Å². The average molecular weight is 432 g/mol. The topological polar surface area (TPSA) is 79.5 Å². The van der Waals surface area contributed by atoms with Crippen LogP contribution in [0.5, 0.6) is 5.75 Å². The van der Waals surface area contributed by atoms with Gasteiger partial charge >= 0.3 is 6.03 Å². The number of amides is 3. The standard InChI is InChI=1S/C24H34FN3O3/c1-23(21(29)27-22(30)28-23)11-5-3-2-4-6-14-26-24(12-13-24)18-9-10-19(25)20(15-18)31-16-17-7-8-17/h9-10,15,17,26H,2-8,11-14,16H2,1H3,(H2,27,28,29,30)/t23-/m1/s1. The fraction of sp³-hybridized carbons (Fsp3) is 0.667. The number of nitrogens with one attached hydrogen (secondary N) is 3. The summed E-state index contributed by atoms with van der Waals surface area (Å²) < 4.78 is 19.8. The number of hydrogen-bond acceptors (Lipinski definition) is 4. The minimum atomic E-state index is -0.757. The normalized spacial score (nSPS) is 24.1. The molecule has 3 fully saturated rings. The minimum Gasteiger partial charge on any atom is -0.490 e. The summed E-state index contributed by atoms with van der Waals surface area (Å²) in [5, 5.41) is 8.70. The molecule has 1 aromatic rings. The summed E-state index contributed by atoms with van der Waals surface area (Å²) in [6, 6.07) is 4.91. The Morgan fingerprint density at radius 2 is 1.87 bits per heavy atom. The van der Waals surface area contributed by atoms with E-state index in [0.29, 0.717) is 24.7 Å². The number of carbonyl (C=O) groups excluding carboxylic acids is 2. The van der Waals surface area contributed by atoms with Crippen LogP contribution in [0.1, 0.15) is 76.7 Å². The van der Waals surface area contributed by atoms with Gasteiger partial charge in [-0.3, -0.25) is 10.1 Å². The Bertz CT molecular complexity index is 822. The summed E-state index contributed by atoms with van der Waals surface area (Å²) in [6.45, 7) is 3.34. The molecule has 6 nitrogen and oxygen atoms in total. The molecule has 1 heterocycles. The van der Waals surface area contributed by atoms with Crippen LogP contribution in [0.2, 0.25) is 0 Å². The highest BCUT2D eigenvalue weighted by Gasteiger charge is 2.44. The van der Waals surface area contributed by atoms with Gasteiger partial charge in [-0.25, -0.2) is 9.18 Å². The van der Waals surface area contributed by atoms with E-state index in [4.69, 9.17) is 4.74 Å². The van der Waals surface area contributed by atoms with Crippen molar-refractivity contribution in [3.8, 4) is 5.75 Å². The molecule has 1 saturated heterocycles. The predicted molar refractivity (Wildman–Crippen MR) is 116 cm³/mol. The van der Waals surface area contributed by atoms with Gasteiger partial charge in [0.05, 0.1) is 6.61 Å². The molecule has 2 saturated carbocycles. The van der Waals surface area contributed by atoms with Crippen molar-refractivity contribution in [2.75, 3.05) is 13.2 Å². The number of carbonyl (C=O) groups is 2. The van der Waals surface area contributed by atoms with Crippen molar-refractivity contribution in [2.45, 2.75) is 82.2 Å². The molecule has 3 aliphatic rings. The SMILES string of the molecule is C[C@]1(CCCCCCCNC2(c3ccc(F)c(OCC4CC4)c3)CC2)NC(=O)NC1=O. The van der Waals surface area contributed by atoms with Crippen molar-refractivity contribution < 1.29 is 18.7 Å². The first-order valence-electron chi connectivity index (χ1n) is 11.7. The number of urea groups is 1. The molecule has 1 atom stereocenters. The Morgan fingerprint density at radius 1 is 1.13 bits per heavy atom. The van der Waals surface area contributed by atoms with Crippen LogP contribution in [-0.4, -0.2) is 30.6 Å². The lowest BCUT2D eigenvalue weighted by Gasteiger charge is -2.20. The Kier molecular flexibility index (Phi) is 6.51. The lowest BCUT2D eigenvalue weighted by Crippen LogP contribution is -2.43. The van der Waals surface area contributed by atoms with E-state index in [1.54, 1.807) is 6.92 Å². The Morgan fingerprint density at radius 3 is 2.55 bits per heavy atom. The maximum absolute atomic E-state index is 14.1. The molecule has 0 aromatic heterocycles. The minimum absolute atomic E-state index is 0.0198. The molecule has 3 N–H and O–H groups in total. The van der Waals surface area contributed by atoms with E-state index in [9.17, 15) is 14.0 Å². The van der Waals surface area contributed by atoms with Gasteiger partial charge in [0.15, 0.2) is 11.6 Å². The highest BCUT2D eigenvalue weighted by molar-refractivity contribution is 6.06. The Hall–Kier alpha value is -2.15. The second-order valence-electron chi connectivity index (χ2n) is 9.67.